The summed E-state index contributed by atoms with van der Waals surface area (Å²) >= 11 is 5.84. The quantitative estimate of drug-likeness (QED) is 0.705. The lowest BCUT2D eigenvalue weighted by molar-refractivity contribution is 0.683. The Morgan fingerprint density at radius 1 is 1.53 bits per heavy atom. The van der Waals surface area contributed by atoms with E-state index >= 15 is 0 Å². The van der Waals surface area contributed by atoms with Gasteiger partial charge in [-0.1, -0.05) is 23.3 Å². The molecule has 0 aliphatic carbocycles. The van der Waals surface area contributed by atoms with Crippen LogP contribution in [0.4, 0.5) is 5.69 Å². The summed E-state index contributed by atoms with van der Waals surface area (Å²) in [6, 6.07) is 0. The third-order valence-corrected chi connectivity index (χ3v) is 3.09. The molecule has 0 radical (unpaired) electrons. The van der Waals surface area contributed by atoms with E-state index in [4.69, 9.17) is 11.6 Å². The van der Waals surface area contributed by atoms with Crippen LogP contribution < -0.4 is 16.2 Å². The van der Waals surface area contributed by atoms with Gasteiger partial charge in [-0.25, -0.2) is 5.10 Å². The van der Waals surface area contributed by atoms with Gasteiger partial charge in [-0.3, -0.25) is 4.79 Å². The summed E-state index contributed by atoms with van der Waals surface area (Å²) in [5.74, 6) is 0. The highest BCUT2D eigenvalue weighted by Crippen LogP contribution is 2.15. The average Bonchev–Trinajstić information content (AvgIpc) is 2.36. The molecule has 0 bridgehead atoms. The molecule has 0 saturated heterocycles. The van der Waals surface area contributed by atoms with E-state index in [-0.39, 0.29) is 10.6 Å². The Hall–Kier alpha value is -1.33. The number of hydrogen-bond acceptors (Lipinski definition) is 4. The highest BCUT2D eigenvalue weighted by Gasteiger charge is 2.05. The predicted molar refractivity (Wildman–Crippen MR) is 68.5 cm³/mol. The van der Waals surface area contributed by atoms with Gasteiger partial charge < -0.3 is 10.6 Å². The first-order chi connectivity index (χ1) is 8.27. The van der Waals surface area contributed by atoms with E-state index in [0.717, 1.165) is 32.5 Å². The number of nitrogens with zero attached hydrogens (tertiary/aromatic N) is 1. The van der Waals surface area contributed by atoms with Crippen LogP contribution in [0.2, 0.25) is 5.02 Å². The molecule has 92 valence electrons. The molecule has 1 aliphatic rings. The molecule has 0 amide bonds. The number of rotatable bonds is 4. The van der Waals surface area contributed by atoms with Gasteiger partial charge in [-0.05, 0) is 19.4 Å². The molecule has 3 N–H and O–H groups in total. The molecule has 0 atom stereocenters. The van der Waals surface area contributed by atoms with Gasteiger partial charge in [0.25, 0.3) is 5.56 Å². The molecule has 0 unspecified atom stereocenters. The van der Waals surface area contributed by atoms with E-state index in [2.05, 4.69) is 26.9 Å². The van der Waals surface area contributed by atoms with Crippen molar-refractivity contribution in [1.29, 1.82) is 0 Å². The van der Waals surface area contributed by atoms with E-state index in [1.165, 1.54) is 11.8 Å². The highest BCUT2D eigenvalue weighted by atomic mass is 35.5. The summed E-state index contributed by atoms with van der Waals surface area (Å²) in [4.78, 5) is 11.2. The van der Waals surface area contributed by atoms with Crippen molar-refractivity contribution in [2.75, 3.05) is 25.0 Å². The standard InChI is InChI=1S/C11H15ClN4O/c12-10-9(7-15-16-11(10)17)14-6-3-8-1-4-13-5-2-8/h1,7,13H,2-6H2,(H2,14,16,17). The fourth-order valence-corrected chi connectivity index (χ4v) is 1.92. The second-order valence-corrected chi connectivity index (χ2v) is 4.30. The zero-order valence-electron chi connectivity index (χ0n) is 9.42. The lowest BCUT2D eigenvalue weighted by atomic mass is 10.1. The van der Waals surface area contributed by atoms with Crippen LogP contribution in [0, 0.1) is 0 Å². The molecule has 1 aromatic rings. The zero-order valence-corrected chi connectivity index (χ0v) is 10.2. The highest BCUT2D eigenvalue weighted by molar-refractivity contribution is 6.32. The van der Waals surface area contributed by atoms with Gasteiger partial charge >= 0.3 is 0 Å². The normalized spacial score (nSPS) is 15.5. The lowest BCUT2D eigenvalue weighted by Gasteiger charge is -2.14. The number of anilines is 1. The third kappa shape index (κ3) is 3.31. The van der Waals surface area contributed by atoms with Crippen molar-refractivity contribution < 1.29 is 0 Å². The minimum absolute atomic E-state index is 0.166. The first-order valence-corrected chi connectivity index (χ1v) is 6.01. The van der Waals surface area contributed by atoms with Crippen LogP contribution in [0.15, 0.2) is 22.6 Å². The Bertz CT molecular complexity index is 469. The first kappa shape index (κ1) is 12.1. The van der Waals surface area contributed by atoms with Gasteiger partial charge in [0.05, 0.1) is 11.9 Å². The summed E-state index contributed by atoms with van der Waals surface area (Å²) in [5, 5.41) is 12.5. The van der Waals surface area contributed by atoms with Crippen LogP contribution in [0.1, 0.15) is 12.8 Å². The molecule has 1 aromatic heterocycles. The molecule has 2 rings (SSSR count). The van der Waals surface area contributed by atoms with Crippen molar-refractivity contribution >= 4 is 17.3 Å². The van der Waals surface area contributed by atoms with E-state index in [1.54, 1.807) is 0 Å². The predicted octanol–water partition coefficient (Wildman–Crippen LogP) is 1.14. The fraction of sp³-hybridized carbons (Fsp3) is 0.455. The molecular formula is C11H15ClN4O. The maximum Gasteiger partial charge on any atom is 0.285 e. The van der Waals surface area contributed by atoms with Gasteiger partial charge in [0.15, 0.2) is 0 Å². The largest absolute Gasteiger partial charge is 0.382 e. The van der Waals surface area contributed by atoms with E-state index in [9.17, 15) is 4.79 Å². The monoisotopic (exact) mass is 254 g/mol. The first-order valence-electron chi connectivity index (χ1n) is 5.63. The molecular weight excluding hydrogens is 240 g/mol. The number of aromatic nitrogens is 2. The van der Waals surface area contributed by atoms with Crippen molar-refractivity contribution in [3.05, 3.63) is 33.2 Å². The fourth-order valence-electron chi connectivity index (χ4n) is 1.76. The summed E-state index contributed by atoms with van der Waals surface area (Å²) < 4.78 is 0. The van der Waals surface area contributed by atoms with Gasteiger partial charge in [-0.2, -0.15) is 5.10 Å². The maximum absolute atomic E-state index is 11.2. The van der Waals surface area contributed by atoms with Crippen molar-refractivity contribution in [3.8, 4) is 0 Å². The summed E-state index contributed by atoms with van der Waals surface area (Å²) in [7, 11) is 0. The maximum atomic E-state index is 11.2. The Morgan fingerprint density at radius 2 is 2.41 bits per heavy atom. The van der Waals surface area contributed by atoms with E-state index < -0.39 is 0 Å². The van der Waals surface area contributed by atoms with Gasteiger partial charge in [0.1, 0.15) is 5.02 Å². The number of hydrogen-bond donors (Lipinski definition) is 3. The number of aromatic amines is 1. The molecule has 1 aliphatic heterocycles. The SMILES string of the molecule is O=c1[nH]ncc(NCCC2=CCNCC2)c1Cl. The second kappa shape index (κ2) is 5.84. The van der Waals surface area contributed by atoms with Crippen LogP contribution >= 0.6 is 11.6 Å². The van der Waals surface area contributed by atoms with E-state index in [1.807, 2.05) is 0 Å². The van der Waals surface area contributed by atoms with Crippen molar-refractivity contribution in [3.63, 3.8) is 0 Å². The molecule has 0 spiro atoms. The Kier molecular flexibility index (Phi) is 4.17. The summed E-state index contributed by atoms with van der Waals surface area (Å²) in [6.45, 7) is 2.75. The minimum atomic E-state index is -0.363. The van der Waals surface area contributed by atoms with Crippen LogP contribution in [0.3, 0.4) is 0 Å². The number of halogens is 1. The third-order valence-electron chi connectivity index (χ3n) is 2.72. The molecule has 5 nitrogen and oxygen atoms in total. The summed E-state index contributed by atoms with van der Waals surface area (Å²) in [6.07, 6.45) is 5.79. The van der Waals surface area contributed by atoms with Gasteiger partial charge in [0.2, 0.25) is 0 Å². The average molecular weight is 255 g/mol. The molecule has 17 heavy (non-hydrogen) atoms. The Morgan fingerprint density at radius 3 is 3.18 bits per heavy atom. The smallest absolute Gasteiger partial charge is 0.285 e. The van der Waals surface area contributed by atoms with Crippen molar-refractivity contribution in [2.24, 2.45) is 0 Å². The number of nitrogens with one attached hydrogen (secondary N) is 3. The molecule has 2 heterocycles. The van der Waals surface area contributed by atoms with Gasteiger partial charge in [0, 0.05) is 13.1 Å². The van der Waals surface area contributed by atoms with E-state index in [0.29, 0.717) is 5.69 Å². The summed E-state index contributed by atoms with van der Waals surface area (Å²) in [5.41, 5.74) is 1.66. The van der Waals surface area contributed by atoms with Crippen molar-refractivity contribution in [2.45, 2.75) is 12.8 Å². The minimum Gasteiger partial charge on any atom is -0.382 e. The Balaban J connectivity index is 1.87. The van der Waals surface area contributed by atoms with Crippen LogP contribution in [0.25, 0.3) is 0 Å². The van der Waals surface area contributed by atoms with Crippen LogP contribution in [-0.4, -0.2) is 29.8 Å². The Labute approximate surface area is 104 Å². The number of H-pyrrole nitrogens is 1. The molecule has 6 heteroatoms. The van der Waals surface area contributed by atoms with Gasteiger partial charge in [-0.15, -0.1) is 0 Å². The van der Waals surface area contributed by atoms with Crippen LogP contribution in [0.5, 0.6) is 0 Å². The van der Waals surface area contributed by atoms with Crippen molar-refractivity contribution in [1.82, 2.24) is 15.5 Å². The molecule has 0 fully saturated rings. The lowest BCUT2D eigenvalue weighted by Crippen LogP contribution is -2.21. The van der Waals surface area contributed by atoms with Crippen LogP contribution in [-0.2, 0) is 0 Å². The molecule has 0 saturated carbocycles. The molecule has 0 aromatic carbocycles. The zero-order chi connectivity index (χ0) is 12.1. The topological polar surface area (TPSA) is 69.8 Å². The second-order valence-electron chi connectivity index (χ2n) is 3.92.